The molecule has 9 heteroatoms. The first-order valence-corrected chi connectivity index (χ1v) is 9.99. The van der Waals surface area contributed by atoms with Crippen molar-refractivity contribution in [2.45, 2.75) is 13.3 Å². The van der Waals surface area contributed by atoms with Gasteiger partial charge in [-0.25, -0.2) is 0 Å². The molecule has 1 saturated heterocycles. The molecule has 1 aromatic heterocycles. The lowest BCUT2D eigenvalue weighted by Crippen LogP contribution is -2.28. The molecule has 0 saturated carbocycles. The molecule has 1 aliphatic rings. The number of hydrogen-bond donors (Lipinski definition) is 2. The number of nitrogens with zero attached hydrogens (tertiary/aromatic N) is 3. The molecule has 160 valence electrons. The molecule has 1 fully saturated rings. The average molecular weight is 421 g/mol. The number of rotatable bonds is 7. The van der Waals surface area contributed by atoms with E-state index in [4.69, 9.17) is 9.47 Å². The van der Waals surface area contributed by atoms with Crippen LogP contribution in [0.3, 0.4) is 0 Å². The Labute approximate surface area is 179 Å². The summed E-state index contributed by atoms with van der Waals surface area (Å²) in [5, 5.41) is 9.58. The Bertz CT molecular complexity index is 1100. The maximum Gasteiger partial charge on any atom is 0.249 e. The van der Waals surface area contributed by atoms with E-state index in [-0.39, 0.29) is 30.7 Å². The molecule has 2 amide bonds. The Hall–Kier alpha value is -3.88. The van der Waals surface area contributed by atoms with Crippen molar-refractivity contribution in [3.05, 3.63) is 48.5 Å². The van der Waals surface area contributed by atoms with Gasteiger partial charge in [-0.1, -0.05) is 24.3 Å². The van der Waals surface area contributed by atoms with Crippen LogP contribution in [0, 0.1) is 5.92 Å². The van der Waals surface area contributed by atoms with E-state index in [1.165, 1.54) is 0 Å². The van der Waals surface area contributed by atoms with Gasteiger partial charge in [0.2, 0.25) is 17.8 Å². The van der Waals surface area contributed by atoms with Crippen molar-refractivity contribution >= 4 is 23.5 Å². The van der Waals surface area contributed by atoms with Crippen molar-refractivity contribution in [2.75, 3.05) is 30.5 Å². The van der Waals surface area contributed by atoms with E-state index in [2.05, 4.69) is 20.5 Å². The highest BCUT2D eigenvalue weighted by molar-refractivity contribution is 6.03. The molecule has 1 aliphatic heterocycles. The second kappa shape index (κ2) is 8.86. The summed E-state index contributed by atoms with van der Waals surface area (Å²) >= 11 is 0. The molecule has 2 aromatic carbocycles. The lowest BCUT2D eigenvalue weighted by atomic mass is 10.1. The third-order valence-corrected chi connectivity index (χ3v) is 5.03. The van der Waals surface area contributed by atoms with Crippen LogP contribution in [-0.2, 0) is 9.59 Å². The fourth-order valence-electron chi connectivity index (χ4n) is 3.56. The van der Waals surface area contributed by atoms with Gasteiger partial charge in [0.15, 0.2) is 5.82 Å². The number of amides is 2. The number of H-pyrrole nitrogens is 1. The summed E-state index contributed by atoms with van der Waals surface area (Å²) in [7, 11) is 1.57. The van der Waals surface area contributed by atoms with Crippen LogP contribution in [0.25, 0.3) is 11.4 Å². The van der Waals surface area contributed by atoms with Crippen LogP contribution < -0.4 is 19.7 Å². The van der Waals surface area contributed by atoms with Gasteiger partial charge >= 0.3 is 0 Å². The Morgan fingerprint density at radius 1 is 1.19 bits per heavy atom. The predicted octanol–water partition coefficient (Wildman–Crippen LogP) is 2.87. The summed E-state index contributed by atoms with van der Waals surface area (Å²) in [5.41, 5.74) is 1.40. The molecule has 9 nitrogen and oxygen atoms in total. The summed E-state index contributed by atoms with van der Waals surface area (Å²) in [6, 6.07) is 14.7. The summed E-state index contributed by atoms with van der Waals surface area (Å²) in [4.78, 5) is 31.3. The Morgan fingerprint density at radius 2 is 1.94 bits per heavy atom. The van der Waals surface area contributed by atoms with Gasteiger partial charge in [-0.2, -0.15) is 4.98 Å². The first-order chi connectivity index (χ1) is 15.1. The van der Waals surface area contributed by atoms with E-state index < -0.39 is 5.92 Å². The topological polar surface area (TPSA) is 109 Å². The monoisotopic (exact) mass is 421 g/mol. The molecule has 0 aliphatic carbocycles. The largest absolute Gasteiger partial charge is 0.496 e. The highest BCUT2D eigenvalue weighted by atomic mass is 16.5. The molecule has 0 radical (unpaired) electrons. The molecule has 1 atom stereocenters. The minimum atomic E-state index is -0.518. The fourth-order valence-corrected chi connectivity index (χ4v) is 3.56. The van der Waals surface area contributed by atoms with E-state index in [0.29, 0.717) is 29.6 Å². The van der Waals surface area contributed by atoms with Crippen LogP contribution in [-0.4, -0.2) is 47.3 Å². The highest BCUT2D eigenvalue weighted by Crippen LogP contribution is 2.33. The Balaban J connectivity index is 1.46. The number of anilines is 2. The Morgan fingerprint density at radius 3 is 2.71 bits per heavy atom. The van der Waals surface area contributed by atoms with E-state index in [1.807, 2.05) is 55.5 Å². The molecule has 2 heterocycles. The number of hydrogen-bond acceptors (Lipinski definition) is 6. The molecule has 3 aromatic rings. The lowest BCUT2D eigenvalue weighted by molar-refractivity contribution is -0.122. The number of benzene rings is 2. The predicted molar refractivity (Wildman–Crippen MR) is 115 cm³/mol. The van der Waals surface area contributed by atoms with Gasteiger partial charge in [0, 0.05) is 13.0 Å². The zero-order valence-corrected chi connectivity index (χ0v) is 17.3. The van der Waals surface area contributed by atoms with Gasteiger partial charge in [0.05, 0.1) is 30.9 Å². The van der Waals surface area contributed by atoms with Crippen molar-refractivity contribution in [1.82, 2.24) is 15.2 Å². The summed E-state index contributed by atoms with van der Waals surface area (Å²) < 4.78 is 11.0. The first kappa shape index (κ1) is 20.4. The summed E-state index contributed by atoms with van der Waals surface area (Å²) in [6.07, 6.45) is 0.107. The molecule has 2 N–H and O–H groups in total. The minimum absolute atomic E-state index is 0.107. The third kappa shape index (κ3) is 4.20. The molecule has 31 heavy (non-hydrogen) atoms. The lowest BCUT2D eigenvalue weighted by Gasteiger charge is -2.19. The quantitative estimate of drug-likeness (QED) is 0.607. The number of aromatic nitrogens is 3. The number of methoxy groups -OCH3 is 1. The van der Waals surface area contributed by atoms with Gasteiger partial charge < -0.3 is 14.4 Å². The number of ether oxygens (including phenoxy) is 2. The molecular weight excluding hydrogens is 398 g/mol. The SMILES string of the molecule is CCOc1ccccc1N1CC(C(=O)Nc2n[nH]c(-c3ccccc3OC)n2)CC1=O. The summed E-state index contributed by atoms with van der Waals surface area (Å²) in [6.45, 7) is 2.63. The van der Waals surface area contributed by atoms with Gasteiger partial charge in [-0.3, -0.25) is 20.0 Å². The maximum atomic E-state index is 12.8. The van der Waals surface area contributed by atoms with Gasteiger partial charge in [0.25, 0.3) is 0 Å². The van der Waals surface area contributed by atoms with Crippen LogP contribution in [0.2, 0.25) is 0 Å². The number of carbonyl (C=O) groups excluding carboxylic acids is 2. The molecule has 0 bridgehead atoms. The average Bonchev–Trinajstić information content (AvgIpc) is 3.41. The van der Waals surface area contributed by atoms with E-state index >= 15 is 0 Å². The highest BCUT2D eigenvalue weighted by Gasteiger charge is 2.36. The molecule has 0 spiro atoms. The van der Waals surface area contributed by atoms with Crippen molar-refractivity contribution in [1.29, 1.82) is 0 Å². The zero-order chi connectivity index (χ0) is 21.8. The summed E-state index contributed by atoms with van der Waals surface area (Å²) in [5.74, 6) is 0.924. The molecular formula is C22H23N5O4. The number of para-hydroxylation sites is 3. The van der Waals surface area contributed by atoms with Gasteiger partial charge in [0.1, 0.15) is 11.5 Å². The van der Waals surface area contributed by atoms with Crippen molar-refractivity contribution in [3.63, 3.8) is 0 Å². The fraction of sp³-hybridized carbons (Fsp3) is 0.273. The second-order valence-electron chi connectivity index (χ2n) is 7.00. The van der Waals surface area contributed by atoms with Crippen molar-refractivity contribution < 1.29 is 19.1 Å². The Kier molecular flexibility index (Phi) is 5.83. The minimum Gasteiger partial charge on any atom is -0.496 e. The zero-order valence-electron chi connectivity index (χ0n) is 17.3. The second-order valence-corrected chi connectivity index (χ2v) is 7.00. The van der Waals surface area contributed by atoms with Crippen LogP contribution >= 0.6 is 0 Å². The van der Waals surface area contributed by atoms with Crippen LogP contribution in [0.15, 0.2) is 48.5 Å². The van der Waals surface area contributed by atoms with Crippen LogP contribution in [0.5, 0.6) is 11.5 Å². The molecule has 1 unspecified atom stereocenters. The first-order valence-electron chi connectivity index (χ1n) is 9.99. The smallest absolute Gasteiger partial charge is 0.249 e. The number of nitrogens with one attached hydrogen (secondary N) is 2. The van der Waals surface area contributed by atoms with Gasteiger partial charge in [-0.05, 0) is 31.2 Å². The molecule has 4 rings (SSSR count). The maximum absolute atomic E-state index is 12.8. The standard InChI is InChI=1S/C22H23N5O4/c1-3-31-18-11-7-5-9-16(18)27-13-14(12-19(27)28)21(29)24-22-23-20(25-26-22)15-8-4-6-10-17(15)30-2/h4-11,14H,3,12-13H2,1-2H3,(H2,23,24,25,26,29). The van der Waals surface area contributed by atoms with Crippen LogP contribution in [0.4, 0.5) is 11.6 Å². The number of aromatic amines is 1. The van der Waals surface area contributed by atoms with Gasteiger partial charge in [-0.15, -0.1) is 5.10 Å². The third-order valence-electron chi connectivity index (χ3n) is 5.03. The number of carbonyl (C=O) groups is 2. The van der Waals surface area contributed by atoms with E-state index in [0.717, 1.165) is 5.56 Å². The van der Waals surface area contributed by atoms with Crippen molar-refractivity contribution in [3.8, 4) is 22.9 Å². The normalized spacial score (nSPS) is 15.7. The van der Waals surface area contributed by atoms with Crippen LogP contribution in [0.1, 0.15) is 13.3 Å². The van der Waals surface area contributed by atoms with E-state index in [1.54, 1.807) is 12.0 Å². The van der Waals surface area contributed by atoms with Crippen molar-refractivity contribution in [2.24, 2.45) is 5.92 Å². The van der Waals surface area contributed by atoms with E-state index in [9.17, 15) is 9.59 Å².